The van der Waals surface area contributed by atoms with Crippen LogP contribution in [0.1, 0.15) is 40.2 Å². The summed E-state index contributed by atoms with van der Waals surface area (Å²) in [4.78, 5) is 29.2. The average molecular weight is 462 g/mol. The molecule has 188 valence electrons. The zero-order valence-corrected chi connectivity index (χ0v) is 21.7. The van der Waals surface area contributed by atoms with Crippen LogP contribution < -0.4 is 10.2 Å². The molecule has 0 aromatic carbocycles. The molecule has 8 nitrogen and oxygen atoms in total. The van der Waals surface area contributed by atoms with Gasteiger partial charge in [-0.05, 0) is 50.4 Å². The van der Waals surface area contributed by atoms with Crippen LogP contribution in [-0.4, -0.2) is 116 Å². The van der Waals surface area contributed by atoms with Crippen molar-refractivity contribution in [2.24, 2.45) is 0 Å². The second kappa shape index (κ2) is 15.1. The Morgan fingerprint density at radius 1 is 0.909 bits per heavy atom. The minimum atomic E-state index is 0.0178. The molecule has 1 N–H and O–H groups in total. The molecular formula is C25H47N7O. The molecule has 8 heteroatoms. The van der Waals surface area contributed by atoms with Gasteiger partial charge in [0.05, 0.1) is 0 Å². The number of urea groups is 1. The van der Waals surface area contributed by atoms with Crippen LogP contribution in [0.4, 0.5) is 10.6 Å². The van der Waals surface area contributed by atoms with Crippen molar-refractivity contribution in [3.63, 3.8) is 0 Å². The van der Waals surface area contributed by atoms with E-state index in [4.69, 9.17) is 0 Å². The molecule has 2 rings (SSSR count). The standard InChI is InChI=1S/C25H47N7O/c1-6-28(7-2)13-19-32(20-14-29(8-3)9-4)25(33)27-22-23-11-12-26-24(21-23)31-17-15-30(10-5)16-18-31/h11-12,21H,6-10,13-20,22H2,1-5H3,(H,27,33). The number of amides is 2. The highest BCUT2D eigenvalue weighted by atomic mass is 16.2. The lowest BCUT2D eigenvalue weighted by Crippen LogP contribution is -2.47. The van der Waals surface area contributed by atoms with Gasteiger partial charge in [0.25, 0.3) is 0 Å². The van der Waals surface area contributed by atoms with Gasteiger partial charge in [-0.2, -0.15) is 0 Å². The SMILES string of the molecule is CCN(CC)CCN(CCN(CC)CC)C(=O)NCc1ccnc(N2CCN(CC)CC2)c1. The molecule has 2 amide bonds. The Bertz CT molecular complexity index is 654. The van der Waals surface area contributed by atoms with Crippen LogP contribution in [0.3, 0.4) is 0 Å². The molecule has 0 atom stereocenters. The summed E-state index contributed by atoms with van der Waals surface area (Å²) < 4.78 is 0. The van der Waals surface area contributed by atoms with Gasteiger partial charge in [0.1, 0.15) is 5.82 Å². The number of aromatic nitrogens is 1. The lowest BCUT2D eigenvalue weighted by atomic mass is 10.2. The highest BCUT2D eigenvalue weighted by molar-refractivity contribution is 5.74. The van der Waals surface area contributed by atoms with E-state index in [-0.39, 0.29) is 6.03 Å². The van der Waals surface area contributed by atoms with Crippen LogP contribution in [0.15, 0.2) is 18.3 Å². The van der Waals surface area contributed by atoms with E-state index < -0.39 is 0 Å². The van der Waals surface area contributed by atoms with E-state index in [1.54, 1.807) is 0 Å². The summed E-state index contributed by atoms with van der Waals surface area (Å²) in [5.41, 5.74) is 1.10. The molecule has 33 heavy (non-hydrogen) atoms. The number of likely N-dealkylation sites (N-methyl/N-ethyl adjacent to an activating group) is 3. The largest absolute Gasteiger partial charge is 0.354 e. The van der Waals surface area contributed by atoms with E-state index in [9.17, 15) is 4.79 Å². The second-order valence-corrected chi connectivity index (χ2v) is 8.64. The predicted molar refractivity (Wildman–Crippen MR) is 138 cm³/mol. The van der Waals surface area contributed by atoms with Gasteiger partial charge in [-0.1, -0.05) is 34.6 Å². The first kappa shape index (κ1) is 27.3. The smallest absolute Gasteiger partial charge is 0.317 e. The van der Waals surface area contributed by atoms with Crippen LogP contribution >= 0.6 is 0 Å². The number of hydrogen-bond donors (Lipinski definition) is 1. The van der Waals surface area contributed by atoms with Crippen molar-refractivity contribution < 1.29 is 4.79 Å². The van der Waals surface area contributed by atoms with Crippen LogP contribution in [0.2, 0.25) is 0 Å². The van der Waals surface area contributed by atoms with Crippen LogP contribution in [0.25, 0.3) is 0 Å². The quantitative estimate of drug-likeness (QED) is 0.459. The van der Waals surface area contributed by atoms with Crippen molar-refractivity contribution in [2.75, 3.05) is 90.0 Å². The van der Waals surface area contributed by atoms with Gasteiger partial charge in [-0.15, -0.1) is 0 Å². The molecule has 2 heterocycles. The lowest BCUT2D eigenvalue weighted by Gasteiger charge is -2.34. The normalized spacial score (nSPS) is 14.8. The number of rotatable bonds is 14. The number of anilines is 1. The molecule has 1 saturated heterocycles. The Balaban J connectivity index is 1.94. The minimum Gasteiger partial charge on any atom is -0.354 e. The summed E-state index contributed by atoms with van der Waals surface area (Å²) in [6, 6.07) is 4.14. The van der Waals surface area contributed by atoms with Crippen molar-refractivity contribution in [2.45, 2.75) is 41.2 Å². The summed E-state index contributed by atoms with van der Waals surface area (Å²) >= 11 is 0. The fourth-order valence-electron chi connectivity index (χ4n) is 4.24. The van der Waals surface area contributed by atoms with Gasteiger partial charge in [-0.3, -0.25) is 0 Å². The highest BCUT2D eigenvalue weighted by Crippen LogP contribution is 2.15. The molecule has 0 radical (unpaired) electrons. The summed E-state index contributed by atoms with van der Waals surface area (Å²) in [5.74, 6) is 1.01. The maximum atomic E-state index is 13.1. The van der Waals surface area contributed by atoms with Gasteiger partial charge >= 0.3 is 6.03 Å². The van der Waals surface area contributed by atoms with Gasteiger partial charge in [0, 0.05) is 65.1 Å². The highest BCUT2D eigenvalue weighted by Gasteiger charge is 2.18. The molecule has 1 aromatic rings. The first-order valence-corrected chi connectivity index (χ1v) is 12.9. The van der Waals surface area contributed by atoms with Gasteiger partial charge in [0.15, 0.2) is 0 Å². The molecule has 0 unspecified atom stereocenters. The topological polar surface area (TPSA) is 58.2 Å². The van der Waals surface area contributed by atoms with Crippen LogP contribution in [-0.2, 0) is 6.54 Å². The molecule has 0 saturated carbocycles. The first-order valence-electron chi connectivity index (χ1n) is 12.9. The summed E-state index contributed by atoms with van der Waals surface area (Å²) in [7, 11) is 0. The Morgan fingerprint density at radius 2 is 1.48 bits per heavy atom. The van der Waals surface area contributed by atoms with Crippen molar-refractivity contribution in [1.29, 1.82) is 0 Å². The van der Waals surface area contributed by atoms with Gasteiger partial charge in [-0.25, -0.2) is 9.78 Å². The van der Waals surface area contributed by atoms with Crippen LogP contribution in [0.5, 0.6) is 0 Å². The molecule has 0 bridgehead atoms. The van der Waals surface area contributed by atoms with Crippen molar-refractivity contribution in [1.82, 2.24) is 29.9 Å². The zero-order chi connectivity index (χ0) is 24.1. The van der Waals surface area contributed by atoms with E-state index >= 15 is 0 Å². The maximum absolute atomic E-state index is 13.1. The molecule has 1 aliphatic rings. The second-order valence-electron chi connectivity index (χ2n) is 8.64. The van der Waals surface area contributed by atoms with Gasteiger partial charge in [0.2, 0.25) is 0 Å². The van der Waals surface area contributed by atoms with Crippen molar-refractivity contribution in [3.05, 3.63) is 23.9 Å². The van der Waals surface area contributed by atoms with E-state index in [1.165, 1.54) is 0 Å². The molecule has 1 aromatic heterocycles. The number of pyridine rings is 1. The molecule has 0 spiro atoms. The maximum Gasteiger partial charge on any atom is 0.317 e. The van der Waals surface area contributed by atoms with E-state index in [1.807, 2.05) is 17.2 Å². The fraction of sp³-hybridized carbons (Fsp3) is 0.760. The number of hydrogen-bond acceptors (Lipinski definition) is 6. The summed E-state index contributed by atoms with van der Waals surface area (Å²) in [5, 5.41) is 3.16. The number of nitrogens with one attached hydrogen (secondary N) is 1. The summed E-state index contributed by atoms with van der Waals surface area (Å²) in [6.45, 7) is 24.0. The number of piperazine rings is 1. The third kappa shape index (κ3) is 9.10. The Kier molecular flexibility index (Phi) is 12.5. The van der Waals surface area contributed by atoms with Crippen molar-refractivity contribution in [3.8, 4) is 0 Å². The number of nitrogens with zero attached hydrogens (tertiary/aromatic N) is 6. The molecule has 1 aliphatic heterocycles. The third-order valence-electron chi connectivity index (χ3n) is 6.85. The van der Waals surface area contributed by atoms with Crippen LogP contribution in [0, 0.1) is 0 Å². The molecule has 0 aliphatic carbocycles. The Labute approximate surface area is 201 Å². The lowest BCUT2D eigenvalue weighted by molar-refractivity contribution is 0.172. The van der Waals surface area contributed by atoms with Gasteiger partial charge < -0.3 is 29.8 Å². The fourth-order valence-corrected chi connectivity index (χ4v) is 4.24. The van der Waals surface area contributed by atoms with Crippen molar-refractivity contribution >= 4 is 11.8 Å². The number of carbonyl (C=O) groups is 1. The average Bonchev–Trinajstić information content (AvgIpc) is 2.87. The first-order chi connectivity index (χ1) is 16.0. The minimum absolute atomic E-state index is 0.0178. The van der Waals surface area contributed by atoms with E-state index in [2.05, 4.69) is 70.6 Å². The number of carbonyl (C=O) groups excluding carboxylic acids is 1. The predicted octanol–water partition coefficient (Wildman–Crippen LogP) is 2.42. The summed E-state index contributed by atoms with van der Waals surface area (Å²) in [6.07, 6.45) is 1.86. The molecule has 1 fully saturated rings. The zero-order valence-electron chi connectivity index (χ0n) is 21.7. The molecular weight excluding hydrogens is 414 g/mol. The Morgan fingerprint density at radius 3 is 2.00 bits per heavy atom. The Hall–Kier alpha value is -1.90. The monoisotopic (exact) mass is 461 g/mol. The third-order valence-corrected chi connectivity index (χ3v) is 6.85. The van der Waals surface area contributed by atoms with E-state index in [0.717, 1.165) is 96.5 Å². The van der Waals surface area contributed by atoms with E-state index in [0.29, 0.717) is 6.54 Å².